The third-order valence-corrected chi connectivity index (χ3v) is 4.31. The lowest BCUT2D eigenvalue weighted by molar-refractivity contribution is -0.135. The maximum absolute atomic E-state index is 13.2. The van der Waals surface area contributed by atoms with Gasteiger partial charge < -0.3 is 14.8 Å². The van der Waals surface area contributed by atoms with E-state index in [1.54, 1.807) is 21.9 Å². The molecule has 2 amide bonds. The summed E-state index contributed by atoms with van der Waals surface area (Å²) in [6, 6.07) is 5.91. The van der Waals surface area contributed by atoms with Crippen LogP contribution in [0.25, 0.3) is 10.9 Å². The van der Waals surface area contributed by atoms with Crippen molar-refractivity contribution in [1.29, 1.82) is 0 Å². The second-order valence-electron chi connectivity index (χ2n) is 5.88. The quantitative estimate of drug-likeness (QED) is 0.846. The Hall–Kier alpha value is -2.70. The van der Waals surface area contributed by atoms with E-state index >= 15 is 0 Å². The molecule has 126 valence electrons. The number of amides is 2. The lowest BCUT2D eigenvalue weighted by atomic mass is 10.1. The Labute approximate surface area is 137 Å². The minimum atomic E-state index is -0.407. The monoisotopic (exact) mass is 331 g/mol. The van der Waals surface area contributed by atoms with Crippen LogP contribution in [0.5, 0.6) is 0 Å². The summed E-state index contributed by atoms with van der Waals surface area (Å²) in [5.74, 6) is -0.435. The van der Waals surface area contributed by atoms with Crippen molar-refractivity contribution in [3.8, 4) is 0 Å². The van der Waals surface area contributed by atoms with E-state index in [4.69, 9.17) is 0 Å². The molecule has 3 rings (SSSR count). The second-order valence-corrected chi connectivity index (χ2v) is 5.88. The second kappa shape index (κ2) is 6.82. The Balaban J connectivity index is 1.66. The van der Waals surface area contributed by atoms with Crippen molar-refractivity contribution in [2.45, 2.75) is 12.8 Å². The molecule has 1 aromatic carbocycles. The van der Waals surface area contributed by atoms with Gasteiger partial charge in [-0.1, -0.05) is 0 Å². The Morgan fingerprint density at radius 1 is 1.21 bits per heavy atom. The largest absolute Gasteiger partial charge is 0.342 e. The van der Waals surface area contributed by atoms with Crippen LogP contribution in [-0.2, 0) is 16.0 Å². The van der Waals surface area contributed by atoms with Crippen LogP contribution >= 0.6 is 0 Å². The number of H-pyrrole nitrogens is 1. The van der Waals surface area contributed by atoms with E-state index in [2.05, 4.69) is 4.98 Å². The number of nitrogens with one attached hydrogen (secondary N) is 1. The molecule has 2 aromatic rings. The van der Waals surface area contributed by atoms with Gasteiger partial charge in [-0.25, -0.2) is 4.39 Å². The first-order valence-corrected chi connectivity index (χ1v) is 7.85. The van der Waals surface area contributed by atoms with E-state index in [0.717, 1.165) is 11.8 Å². The molecule has 1 aliphatic rings. The van der Waals surface area contributed by atoms with Crippen molar-refractivity contribution in [3.63, 3.8) is 0 Å². The number of halogens is 1. The number of piperazine rings is 1. The summed E-state index contributed by atoms with van der Waals surface area (Å²) in [6.45, 7) is 2.12. The Kier molecular flexibility index (Phi) is 4.59. The number of nitrogens with zero attached hydrogens (tertiary/aromatic N) is 2. The van der Waals surface area contributed by atoms with Gasteiger partial charge in [-0.05, 0) is 36.1 Å². The Bertz CT molecular complexity index is 825. The van der Waals surface area contributed by atoms with Gasteiger partial charge in [0.15, 0.2) is 0 Å². The fraction of sp³-hybridized carbons (Fsp3) is 0.353. The number of aromatic amines is 1. The van der Waals surface area contributed by atoms with E-state index in [1.165, 1.54) is 12.1 Å². The van der Waals surface area contributed by atoms with Crippen molar-refractivity contribution in [2.75, 3.05) is 26.2 Å². The predicted molar refractivity (Wildman–Crippen MR) is 87.1 cm³/mol. The molecule has 0 atom stereocenters. The smallest absolute Gasteiger partial charge is 0.251 e. The fourth-order valence-corrected chi connectivity index (χ4v) is 2.88. The number of rotatable bonds is 4. The SMILES string of the molecule is O=CN1CCN(C(=O)CCc2cc3ccc(F)cc3[nH]c2=O)CC1. The maximum Gasteiger partial charge on any atom is 0.251 e. The van der Waals surface area contributed by atoms with E-state index in [9.17, 15) is 18.8 Å². The third kappa shape index (κ3) is 3.45. The molecule has 2 heterocycles. The molecule has 0 radical (unpaired) electrons. The molecule has 1 aromatic heterocycles. The topological polar surface area (TPSA) is 73.5 Å². The van der Waals surface area contributed by atoms with Gasteiger partial charge in [-0.3, -0.25) is 14.4 Å². The van der Waals surface area contributed by atoms with E-state index in [0.29, 0.717) is 43.7 Å². The lowest BCUT2D eigenvalue weighted by Gasteiger charge is -2.32. The molecule has 0 saturated carbocycles. The number of pyridine rings is 1. The van der Waals surface area contributed by atoms with Gasteiger partial charge in [-0.2, -0.15) is 0 Å². The summed E-state index contributed by atoms with van der Waals surface area (Å²) in [4.78, 5) is 41.0. The number of hydrogen-bond acceptors (Lipinski definition) is 3. The van der Waals surface area contributed by atoms with Gasteiger partial charge in [0, 0.05) is 38.2 Å². The van der Waals surface area contributed by atoms with Gasteiger partial charge in [0.1, 0.15) is 5.82 Å². The molecule has 0 unspecified atom stereocenters. The van der Waals surface area contributed by atoms with Crippen molar-refractivity contribution >= 4 is 23.2 Å². The third-order valence-electron chi connectivity index (χ3n) is 4.31. The summed E-state index contributed by atoms with van der Waals surface area (Å²) < 4.78 is 13.2. The average Bonchev–Trinajstić information content (AvgIpc) is 2.59. The molecule has 0 bridgehead atoms. The maximum atomic E-state index is 13.2. The normalized spacial score (nSPS) is 14.9. The molecule has 0 aliphatic carbocycles. The molecule has 24 heavy (non-hydrogen) atoms. The minimum absolute atomic E-state index is 0.0286. The standard InChI is InChI=1S/C17H18FN3O3/c18-14-3-1-12-9-13(17(24)19-15(12)10-14)2-4-16(23)21-7-5-20(11-22)6-8-21/h1,3,9-11H,2,4-8H2,(H,19,24). The number of aromatic nitrogens is 1. The van der Waals surface area contributed by atoms with Crippen LogP contribution in [0.4, 0.5) is 4.39 Å². The number of carbonyl (C=O) groups is 2. The lowest BCUT2D eigenvalue weighted by Crippen LogP contribution is -2.48. The molecule has 1 fully saturated rings. The van der Waals surface area contributed by atoms with Crippen LogP contribution in [0.3, 0.4) is 0 Å². The molecular formula is C17H18FN3O3. The fourth-order valence-electron chi connectivity index (χ4n) is 2.88. The van der Waals surface area contributed by atoms with Crippen molar-refractivity contribution in [3.05, 3.63) is 46.0 Å². The molecule has 1 N–H and O–H groups in total. The van der Waals surface area contributed by atoms with Crippen molar-refractivity contribution in [2.24, 2.45) is 0 Å². The first kappa shape index (κ1) is 16.2. The number of carbonyl (C=O) groups excluding carboxylic acids is 2. The molecule has 1 aliphatic heterocycles. The van der Waals surface area contributed by atoms with E-state index < -0.39 is 5.82 Å². The van der Waals surface area contributed by atoms with Crippen molar-refractivity contribution in [1.82, 2.24) is 14.8 Å². The van der Waals surface area contributed by atoms with Crippen LogP contribution < -0.4 is 5.56 Å². The summed E-state index contributed by atoms with van der Waals surface area (Å²) >= 11 is 0. The van der Waals surface area contributed by atoms with Crippen LogP contribution in [0.15, 0.2) is 29.1 Å². The first-order valence-electron chi connectivity index (χ1n) is 7.85. The molecule has 6 nitrogen and oxygen atoms in total. The Morgan fingerprint density at radius 2 is 1.96 bits per heavy atom. The summed E-state index contributed by atoms with van der Waals surface area (Å²) in [7, 11) is 0. The minimum Gasteiger partial charge on any atom is -0.342 e. The van der Waals surface area contributed by atoms with Crippen LogP contribution in [0.1, 0.15) is 12.0 Å². The number of hydrogen-bond donors (Lipinski definition) is 1. The van der Waals surface area contributed by atoms with Gasteiger partial charge >= 0.3 is 0 Å². The highest BCUT2D eigenvalue weighted by molar-refractivity contribution is 5.79. The summed E-state index contributed by atoms with van der Waals surface area (Å²) in [5, 5.41) is 0.734. The zero-order chi connectivity index (χ0) is 17.1. The molecule has 7 heteroatoms. The molecule has 1 saturated heterocycles. The predicted octanol–water partition coefficient (Wildman–Crippen LogP) is 0.900. The number of fused-ring (bicyclic) bond motifs is 1. The zero-order valence-electron chi connectivity index (χ0n) is 13.1. The van der Waals surface area contributed by atoms with Crippen LogP contribution in [0, 0.1) is 5.82 Å². The van der Waals surface area contributed by atoms with Crippen LogP contribution in [0.2, 0.25) is 0 Å². The van der Waals surface area contributed by atoms with Gasteiger partial charge in [0.25, 0.3) is 5.56 Å². The van der Waals surface area contributed by atoms with Gasteiger partial charge in [0.2, 0.25) is 12.3 Å². The molecular weight excluding hydrogens is 313 g/mol. The van der Waals surface area contributed by atoms with Crippen molar-refractivity contribution < 1.29 is 14.0 Å². The number of benzene rings is 1. The first-order chi connectivity index (χ1) is 11.6. The van der Waals surface area contributed by atoms with E-state index in [-0.39, 0.29) is 17.9 Å². The Morgan fingerprint density at radius 3 is 2.67 bits per heavy atom. The van der Waals surface area contributed by atoms with Gasteiger partial charge in [0.05, 0.1) is 5.52 Å². The van der Waals surface area contributed by atoms with Crippen LogP contribution in [-0.4, -0.2) is 53.3 Å². The number of aryl methyl sites for hydroxylation is 1. The van der Waals surface area contributed by atoms with Gasteiger partial charge in [-0.15, -0.1) is 0 Å². The highest BCUT2D eigenvalue weighted by atomic mass is 19.1. The molecule has 0 spiro atoms. The summed E-state index contributed by atoms with van der Waals surface area (Å²) in [5.41, 5.74) is 0.653. The van der Waals surface area contributed by atoms with E-state index in [1.807, 2.05) is 0 Å². The highest BCUT2D eigenvalue weighted by Gasteiger charge is 2.20. The average molecular weight is 331 g/mol. The highest BCUT2D eigenvalue weighted by Crippen LogP contribution is 2.14. The summed E-state index contributed by atoms with van der Waals surface area (Å²) in [6.07, 6.45) is 1.35. The zero-order valence-corrected chi connectivity index (χ0v) is 13.1.